The van der Waals surface area contributed by atoms with Gasteiger partial charge in [0.25, 0.3) is 5.91 Å². The van der Waals surface area contributed by atoms with Crippen molar-refractivity contribution in [3.05, 3.63) is 70.3 Å². The summed E-state index contributed by atoms with van der Waals surface area (Å²) in [6.45, 7) is 3.20. The van der Waals surface area contributed by atoms with Gasteiger partial charge in [0.1, 0.15) is 6.04 Å². The molecule has 29 heavy (non-hydrogen) atoms. The Morgan fingerprint density at radius 3 is 2.45 bits per heavy atom. The van der Waals surface area contributed by atoms with Crippen molar-refractivity contribution in [3.8, 4) is 0 Å². The minimum atomic E-state index is -0.870. The number of carbonyl (C=O) groups is 3. The highest BCUT2D eigenvalue weighted by atomic mass is 79.9. The molecule has 1 heterocycles. The first kappa shape index (κ1) is 20.8. The van der Waals surface area contributed by atoms with Crippen LogP contribution in [0.1, 0.15) is 34.6 Å². The quantitative estimate of drug-likeness (QED) is 0.413. The van der Waals surface area contributed by atoms with Crippen molar-refractivity contribution >= 4 is 44.5 Å². The van der Waals surface area contributed by atoms with Crippen LogP contribution in [0.2, 0.25) is 0 Å². The lowest BCUT2D eigenvalue weighted by molar-refractivity contribution is -0.145. The molecule has 0 bridgehead atoms. The number of aromatic nitrogens is 1. The average molecular weight is 457 g/mol. The van der Waals surface area contributed by atoms with E-state index in [4.69, 9.17) is 4.74 Å². The summed E-state index contributed by atoms with van der Waals surface area (Å²) in [6, 6.07) is 13.5. The molecule has 0 unspecified atom stereocenters. The molecule has 0 radical (unpaired) electrons. The summed E-state index contributed by atoms with van der Waals surface area (Å²) >= 11 is 3.33. The van der Waals surface area contributed by atoms with Crippen molar-refractivity contribution in [2.24, 2.45) is 5.92 Å². The van der Waals surface area contributed by atoms with Gasteiger partial charge < -0.3 is 15.0 Å². The standard InChI is InChI=1S/C22H21BrN2O4/c1-13(2)20(25-21(27)15-8-3-5-9-17(15)23)22(28)29-12-19(26)16-11-24-18-10-6-4-7-14(16)18/h3-11,13,20,24H,12H2,1-2H3,(H,25,27)/t20-/m1/s1. The van der Waals surface area contributed by atoms with Gasteiger partial charge >= 0.3 is 5.97 Å². The molecule has 6 nitrogen and oxygen atoms in total. The van der Waals surface area contributed by atoms with Gasteiger partial charge in [-0.2, -0.15) is 0 Å². The van der Waals surface area contributed by atoms with Gasteiger partial charge in [-0.3, -0.25) is 9.59 Å². The second-order valence-electron chi connectivity index (χ2n) is 6.95. The number of fused-ring (bicyclic) bond motifs is 1. The smallest absolute Gasteiger partial charge is 0.329 e. The lowest BCUT2D eigenvalue weighted by Gasteiger charge is -2.21. The Kier molecular flexibility index (Phi) is 6.49. The van der Waals surface area contributed by atoms with Crippen molar-refractivity contribution in [2.45, 2.75) is 19.9 Å². The molecule has 0 saturated carbocycles. The first-order valence-electron chi connectivity index (χ1n) is 9.20. The summed E-state index contributed by atoms with van der Waals surface area (Å²) in [5.74, 6) is -1.56. The maximum absolute atomic E-state index is 12.6. The number of amides is 1. The highest BCUT2D eigenvalue weighted by molar-refractivity contribution is 9.10. The third kappa shape index (κ3) is 4.74. The molecule has 0 aliphatic heterocycles. The van der Waals surface area contributed by atoms with Crippen LogP contribution in [-0.4, -0.2) is 35.3 Å². The van der Waals surface area contributed by atoms with E-state index >= 15 is 0 Å². The summed E-state index contributed by atoms with van der Waals surface area (Å²) in [5, 5.41) is 3.47. The number of H-pyrrole nitrogens is 1. The summed E-state index contributed by atoms with van der Waals surface area (Å²) in [7, 11) is 0. The van der Waals surface area contributed by atoms with Gasteiger partial charge in [-0.05, 0) is 40.0 Å². The maximum atomic E-state index is 12.6. The molecular weight excluding hydrogens is 436 g/mol. The highest BCUT2D eigenvalue weighted by Crippen LogP contribution is 2.19. The van der Waals surface area contributed by atoms with E-state index in [-0.39, 0.29) is 11.7 Å². The zero-order valence-electron chi connectivity index (χ0n) is 16.1. The number of carbonyl (C=O) groups excluding carboxylic acids is 3. The highest BCUT2D eigenvalue weighted by Gasteiger charge is 2.27. The molecule has 7 heteroatoms. The van der Waals surface area contributed by atoms with E-state index in [2.05, 4.69) is 26.2 Å². The minimum Gasteiger partial charge on any atom is -0.456 e. The molecule has 0 aliphatic rings. The molecule has 2 aromatic carbocycles. The van der Waals surface area contributed by atoms with Crippen molar-refractivity contribution in [3.63, 3.8) is 0 Å². The number of halogens is 1. The van der Waals surface area contributed by atoms with Crippen LogP contribution in [-0.2, 0) is 9.53 Å². The molecule has 3 rings (SSSR count). The van der Waals surface area contributed by atoms with Crippen LogP contribution in [0.5, 0.6) is 0 Å². The van der Waals surface area contributed by atoms with Crippen molar-refractivity contribution in [2.75, 3.05) is 6.61 Å². The van der Waals surface area contributed by atoms with Crippen LogP contribution < -0.4 is 5.32 Å². The molecule has 3 aromatic rings. The van der Waals surface area contributed by atoms with Crippen LogP contribution in [0.4, 0.5) is 0 Å². The third-order valence-electron chi connectivity index (χ3n) is 4.56. The van der Waals surface area contributed by atoms with E-state index < -0.39 is 24.5 Å². The van der Waals surface area contributed by atoms with Crippen LogP contribution in [0.25, 0.3) is 10.9 Å². The Balaban J connectivity index is 1.66. The van der Waals surface area contributed by atoms with E-state index in [1.165, 1.54) is 0 Å². The summed E-state index contributed by atoms with van der Waals surface area (Å²) < 4.78 is 5.87. The minimum absolute atomic E-state index is 0.211. The largest absolute Gasteiger partial charge is 0.456 e. The lowest BCUT2D eigenvalue weighted by Crippen LogP contribution is -2.45. The molecular formula is C22H21BrN2O4. The number of ketones is 1. The van der Waals surface area contributed by atoms with Crippen LogP contribution in [0.3, 0.4) is 0 Å². The van der Waals surface area contributed by atoms with E-state index in [9.17, 15) is 14.4 Å². The van der Waals surface area contributed by atoms with Crippen LogP contribution in [0, 0.1) is 5.92 Å². The van der Waals surface area contributed by atoms with Gasteiger partial charge in [0, 0.05) is 27.1 Å². The number of ether oxygens (including phenoxy) is 1. The van der Waals surface area contributed by atoms with E-state index in [1.54, 1.807) is 44.3 Å². The van der Waals surface area contributed by atoms with Gasteiger partial charge in [-0.15, -0.1) is 0 Å². The lowest BCUT2D eigenvalue weighted by atomic mass is 10.0. The van der Waals surface area contributed by atoms with Gasteiger partial charge in [0.15, 0.2) is 6.61 Å². The number of aromatic amines is 1. The predicted molar refractivity (Wildman–Crippen MR) is 114 cm³/mol. The number of rotatable bonds is 7. The molecule has 2 N–H and O–H groups in total. The van der Waals surface area contributed by atoms with Crippen molar-refractivity contribution in [1.29, 1.82) is 0 Å². The van der Waals surface area contributed by atoms with Gasteiger partial charge in [-0.25, -0.2) is 4.79 Å². The fourth-order valence-electron chi connectivity index (χ4n) is 2.97. The molecule has 1 atom stereocenters. The van der Waals surface area contributed by atoms with E-state index in [0.717, 1.165) is 10.9 Å². The first-order chi connectivity index (χ1) is 13.9. The molecule has 150 valence electrons. The Hall–Kier alpha value is -2.93. The van der Waals surface area contributed by atoms with Gasteiger partial charge in [-0.1, -0.05) is 44.2 Å². The predicted octanol–water partition coefficient (Wildman–Crippen LogP) is 4.11. The SMILES string of the molecule is CC(C)[C@@H](NC(=O)c1ccccc1Br)C(=O)OCC(=O)c1c[nH]c2ccccc12. The summed E-state index contributed by atoms with van der Waals surface area (Å²) in [5.41, 5.74) is 1.72. The molecule has 1 aromatic heterocycles. The fourth-order valence-corrected chi connectivity index (χ4v) is 3.43. The Morgan fingerprint density at radius 1 is 1.03 bits per heavy atom. The molecule has 0 aliphatic carbocycles. The monoisotopic (exact) mass is 456 g/mol. The number of esters is 1. The summed E-state index contributed by atoms with van der Waals surface area (Å²) in [4.78, 5) is 40.6. The van der Waals surface area contributed by atoms with Gasteiger partial charge in [0.05, 0.1) is 5.56 Å². The topological polar surface area (TPSA) is 88.3 Å². The Bertz CT molecular complexity index is 1060. The molecule has 0 spiro atoms. The van der Waals surface area contributed by atoms with Gasteiger partial charge in [0.2, 0.25) is 5.78 Å². The molecule has 1 amide bonds. The summed E-state index contributed by atoms with van der Waals surface area (Å²) in [6.07, 6.45) is 1.61. The Morgan fingerprint density at radius 2 is 1.72 bits per heavy atom. The van der Waals surface area contributed by atoms with E-state index in [1.807, 2.05) is 24.3 Å². The van der Waals surface area contributed by atoms with Crippen LogP contribution >= 0.6 is 15.9 Å². The number of Topliss-reactive ketones (excluding diaryl/α,β-unsaturated/α-hetero) is 1. The molecule has 0 saturated heterocycles. The maximum Gasteiger partial charge on any atom is 0.329 e. The number of para-hydroxylation sites is 1. The number of benzene rings is 2. The molecule has 0 fully saturated rings. The number of nitrogens with one attached hydrogen (secondary N) is 2. The number of hydrogen-bond donors (Lipinski definition) is 2. The van der Waals surface area contributed by atoms with E-state index in [0.29, 0.717) is 15.6 Å². The van der Waals surface area contributed by atoms with Crippen molar-refractivity contribution in [1.82, 2.24) is 10.3 Å². The second-order valence-corrected chi connectivity index (χ2v) is 7.81. The van der Waals surface area contributed by atoms with Crippen LogP contribution in [0.15, 0.2) is 59.2 Å². The Labute approximate surface area is 176 Å². The zero-order valence-corrected chi connectivity index (χ0v) is 17.7. The van der Waals surface area contributed by atoms with Crippen molar-refractivity contribution < 1.29 is 19.1 Å². The third-order valence-corrected chi connectivity index (χ3v) is 5.25. The zero-order chi connectivity index (χ0) is 21.0. The average Bonchev–Trinajstić information content (AvgIpc) is 3.14. The second kappa shape index (κ2) is 9.05. The first-order valence-corrected chi connectivity index (χ1v) is 9.99. The fraction of sp³-hybridized carbons (Fsp3) is 0.227. The number of hydrogen-bond acceptors (Lipinski definition) is 4. The normalized spacial score (nSPS) is 12.0.